The number of hydrogen-bond acceptors (Lipinski definition) is 5. The summed E-state index contributed by atoms with van der Waals surface area (Å²) < 4.78 is 3.14. The van der Waals surface area contributed by atoms with Crippen molar-refractivity contribution in [1.82, 2.24) is 14.4 Å². The fourth-order valence-corrected chi connectivity index (χ4v) is 3.95. The monoisotopic (exact) mass is 304 g/mol. The maximum atomic E-state index is 5.98. The largest absolute Gasteiger partial charge is 0.328 e. The first-order valence-electron chi connectivity index (χ1n) is 6.45. The molecule has 0 saturated heterocycles. The second-order valence-electron chi connectivity index (χ2n) is 4.83. The van der Waals surface area contributed by atoms with Crippen LogP contribution < -0.4 is 5.73 Å². The molecule has 1 atom stereocenters. The van der Waals surface area contributed by atoms with Crippen molar-refractivity contribution in [2.45, 2.75) is 35.7 Å². The van der Waals surface area contributed by atoms with Crippen LogP contribution >= 0.6 is 23.1 Å². The number of nitrogens with zero attached hydrogens (tertiary/aromatic N) is 3. The molecule has 20 heavy (non-hydrogen) atoms. The van der Waals surface area contributed by atoms with E-state index in [9.17, 15) is 0 Å². The molecule has 1 unspecified atom stereocenters. The normalized spacial score (nSPS) is 12.9. The predicted octanol–water partition coefficient (Wildman–Crippen LogP) is 3.14. The molecular weight excluding hydrogens is 288 g/mol. The van der Waals surface area contributed by atoms with Crippen LogP contribution in [-0.2, 0) is 6.42 Å². The lowest BCUT2D eigenvalue weighted by Gasteiger charge is -2.06. The lowest BCUT2D eigenvalue weighted by atomic mass is 10.2. The summed E-state index contributed by atoms with van der Waals surface area (Å²) in [7, 11) is 0. The molecule has 4 nitrogen and oxygen atoms in total. The molecule has 0 bridgehead atoms. The van der Waals surface area contributed by atoms with Gasteiger partial charge >= 0.3 is 0 Å². The number of aromatic nitrogens is 3. The second kappa shape index (κ2) is 5.55. The summed E-state index contributed by atoms with van der Waals surface area (Å²) in [6, 6.07) is 6.14. The molecule has 0 aliphatic heterocycles. The first-order chi connectivity index (χ1) is 9.63. The summed E-state index contributed by atoms with van der Waals surface area (Å²) >= 11 is 3.28. The van der Waals surface area contributed by atoms with E-state index in [1.165, 1.54) is 0 Å². The van der Waals surface area contributed by atoms with Gasteiger partial charge in [0.15, 0.2) is 4.34 Å². The molecule has 2 N–H and O–H groups in total. The Morgan fingerprint density at radius 1 is 1.40 bits per heavy atom. The van der Waals surface area contributed by atoms with Crippen LogP contribution in [0.1, 0.15) is 18.3 Å². The molecule has 3 aromatic rings. The van der Waals surface area contributed by atoms with Crippen molar-refractivity contribution < 1.29 is 0 Å². The molecule has 3 aromatic heterocycles. The Kier molecular flexibility index (Phi) is 3.78. The lowest BCUT2D eigenvalue weighted by Crippen LogP contribution is -2.19. The second-order valence-corrected chi connectivity index (χ2v) is 6.92. The number of fused-ring (bicyclic) bond motifs is 1. The zero-order valence-electron chi connectivity index (χ0n) is 11.4. The number of pyridine rings is 1. The molecule has 0 amide bonds. The summed E-state index contributed by atoms with van der Waals surface area (Å²) in [6.45, 7) is 4.03. The number of rotatable bonds is 4. The van der Waals surface area contributed by atoms with E-state index in [1.54, 1.807) is 23.1 Å². The zero-order valence-corrected chi connectivity index (χ0v) is 13.0. The van der Waals surface area contributed by atoms with Gasteiger partial charge in [0.25, 0.3) is 0 Å². The van der Waals surface area contributed by atoms with Crippen LogP contribution in [0.4, 0.5) is 0 Å². The third-order valence-electron chi connectivity index (χ3n) is 2.89. The van der Waals surface area contributed by atoms with E-state index in [0.29, 0.717) is 0 Å². The molecule has 0 aliphatic carbocycles. The first-order valence-corrected chi connectivity index (χ1v) is 8.14. The summed E-state index contributed by atoms with van der Waals surface area (Å²) in [4.78, 5) is 9.20. The lowest BCUT2D eigenvalue weighted by molar-refractivity contribution is 0.705. The van der Waals surface area contributed by atoms with Crippen LogP contribution in [-0.4, -0.2) is 20.4 Å². The van der Waals surface area contributed by atoms with E-state index >= 15 is 0 Å². The fraction of sp³-hybridized carbons (Fsp3) is 0.286. The molecule has 0 spiro atoms. The smallest absolute Gasteiger partial charge is 0.156 e. The number of imidazole rings is 1. The van der Waals surface area contributed by atoms with Gasteiger partial charge in [-0.1, -0.05) is 6.07 Å². The zero-order chi connectivity index (χ0) is 14.1. The topological polar surface area (TPSA) is 56.2 Å². The minimum Gasteiger partial charge on any atom is -0.328 e. The van der Waals surface area contributed by atoms with E-state index in [-0.39, 0.29) is 6.04 Å². The Bertz CT molecular complexity index is 730. The summed E-state index contributed by atoms with van der Waals surface area (Å²) in [5, 5.41) is 3.06. The van der Waals surface area contributed by atoms with Crippen molar-refractivity contribution in [3.05, 3.63) is 41.2 Å². The number of thiazole rings is 1. The highest BCUT2D eigenvalue weighted by molar-refractivity contribution is 8.01. The molecule has 0 saturated carbocycles. The molecule has 3 rings (SSSR count). The maximum absolute atomic E-state index is 5.98. The van der Waals surface area contributed by atoms with Gasteiger partial charge in [0.2, 0.25) is 0 Å². The summed E-state index contributed by atoms with van der Waals surface area (Å²) in [5.41, 5.74) is 9.15. The van der Waals surface area contributed by atoms with Gasteiger partial charge in [-0.2, -0.15) is 0 Å². The molecule has 6 heteroatoms. The third-order valence-corrected chi connectivity index (χ3v) is 4.97. The van der Waals surface area contributed by atoms with Gasteiger partial charge in [0, 0.05) is 29.7 Å². The Morgan fingerprint density at radius 3 is 2.95 bits per heavy atom. The van der Waals surface area contributed by atoms with Gasteiger partial charge in [-0.05, 0) is 37.7 Å². The minimum absolute atomic E-state index is 0.104. The number of aryl methyl sites for hydroxylation is 1. The van der Waals surface area contributed by atoms with E-state index < -0.39 is 0 Å². The number of hydrogen-bond donors (Lipinski definition) is 1. The van der Waals surface area contributed by atoms with Crippen molar-refractivity contribution in [2.24, 2.45) is 5.73 Å². The SMILES string of the molecule is Cc1csc(Sc2nc3ccccn3c2CC(C)N)n1. The van der Waals surface area contributed by atoms with Crippen LogP contribution in [0.15, 0.2) is 39.1 Å². The number of nitrogens with two attached hydrogens (primary N) is 1. The van der Waals surface area contributed by atoms with E-state index in [1.807, 2.05) is 38.2 Å². The molecule has 0 aromatic carbocycles. The van der Waals surface area contributed by atoms with Gasteiger partial charge in [-0.25, -0.2) is 9.97 Å². The molecule has 0 radical (unpaired) electrons. The van der Waals surface area contributed by atoms with Crippen LogP contribution in [0.5, 0.6) is 0 Å². The molecule has 0 aliphatic rings. The van der Waals surface area contributed by atoms with Crippen LogP contribution in [0, 0.1) is 6.92 Å². The van der Waals surface area contributed by atoms with Gasteiger partial charge in [0.05, 0.1) is 5.69 Å². The summed E-state index contributed by atoms with van der Waals surface area (Å²) in [5.74, 6) is 0. The summed E-state index contributed by atoms with van der Waals surface area (Å²) in [6.07, 6.45) is 2.84. The quantitative estimate of drug-likeness (QED) is 0.804. The standard InChI is InChI=1S/C14H16N4S2/c1-9(15)7-11-13(20-14-16-10(2)8-19-14)17-12-5-3-4-6-18(11)12/h3-6,8-9H,7,15H2,1-2H3. The third kappa shape index (κ3) is 2.72. The fourth-order valence-electron chi connectivity index (χ4n) is 2.06. The average molecular weight is 304 g/mol. The van der Waals surface area contributed by atoms with Crippen molar-refractivity contribution in [3.63, 3.8) is 0 Å². The maximum Gasteiger partial charge on any atom is 0.156 e. The van der Waals surface area contributed by atoms with E-state index in [0.717, 1.165) is 32.8 Å². The average Bonchev–Trinajstić information content (AvgIpc) is 2.95. The van der Waals surface area contributed by atoms with Crippen molar-refractivity contribution in [2.75, 3.05) is 0 Å². The van der Waals surface area contributed by atoms with Crippen LogP contribution in [0.25, 0.3) is 5.65 Å². The van der Waals surface area contributed by atoms with E-state index in [4.69, 9.17) is 10.7 Å². The Balaban J connectivity index is 2.04. The van der Waals surface area contributed by atoms with Crippen LogP contribution in [0.3, 0.4) is 0 Å². The Morgan fingerprint density at radius 2 is 2.25 bits per heavy atom. The van der Waals surface area contributed by atoms with Gasteiger partial charge in [0.1, 0.15) is 10.7 Å². The molecular formula is C14H16N4S2. The van der Waals surface area contributed by atoms with Crippen molar-refractivity contribution in [3.8, 4) is 0 Å². The van der Waals surface area contributed by atoms with Crippen LogP contribution in [0.2, 0.25) is 0 Å². The highest BCUT2D eigenvalue weighted by Gasteiger charge is 2.15. The molecule has 0 fully saturated rings. The first kappa shape index (κ1) is 13.6. The highest BCUT2D eigenvalue weighted by Crippen LogP contribution is 2.33. The van der Waals surface area contributed by atoms with Crippen molar-refractivity contribution >= 4 is 28.7 Å². The van der Waals surface area contributed by atoms with Gasteiger partial charge in [-0.3, -0.25) is 0 Å². The Labute approximate surface area is 126 Å². The molecule has 3 heterocycles. The van der Waals surface area contributed by atoms with Crippen molar-refractivity contribution in [1.29, 1.82) is 0 Å². The van der Waals surface area contributed by atoms with Gasteiger partial charge < -0.3 is 10.1 Å². The van der Waals surface area contributed by atoms with Gasteiger partial charge in [-0.15, -0.1) is 11.3 Å². The predicted molar refractivity (Wildman–Crippen MR) is 83.5 cm³/mol. The highest BCUT2D eigenvalue weighted by atomic mass is 32.2. The molecule has 104 valence electrons. The minimum atomic E-state index is 0.104. The Hall–Kier alpha value is -1.37. The van der Waals surface area contributed by atoms with E-state index in [2.05, 4.69) is 14.8 Å².